The molecule has 0 aliphatic carbocycles. The van der Waals surface area contributed by atoms with E-state index in [1.807, 2.05) is 0 Å². The minimum Gasteiger partial charge on any atom is -0.340 e. The van der Waals surface area contributed by atoms with E-state index in [4.69, 9.17) is 0 Å². The molecule has 5 nitrogen and oxygen atoms in total. The van der Waals surface area contributed by atoms with Crippen LogP contribution in [0.15, 0.2) is 10.9 Å². The van der Waals surface area contributed by atoms with Gasteiger partial charge in [-0.3, -0.25) is 9.78 Å². The monoisotopic (exact) mass is 250 g/mol. The second-order valence-corrected chi connectivity index (χ2v) is 5.07. The third-order valence-corrected chi connectivity index (χ3v) is 3.46. The maximum Gasteiger partial charge on any atom is 0.252 e. The summed E-state index contributed by atoms with van der Waals surface area (Å²) >= 11 is 0. The van der Waals surface area contributed by atoms with Crippen molar-refractivity contribution in [3.05, 3.63) is 22.1 Å². The van der Waals surface area contributed by atoms with Crippen LogP contribution in [0.1, 0.15) is 32.4 Å². The first-order chi connectivity index (χ1) is 8.60. The van der Waals surface area contributed by atoms with Gasteiger partial charge in [-0.2, -0.15) is 0 Å². The van der Waals surface area contributed by atoms with E-state index in [2.05, 4.69) is 40.5 Å². The number of piperazine rings is 1. The molecule has 1 aliphatic heterocycles. The lowest BCUT2D eigenvalue weighted by atomic mass is 10.1. The molecule has 0 unspecified atom stereocenters. The molecular weight excluding hydrogens is 228 g/mol. The first-order valence-corrected chi connectivity index (χ1v) is 6.68. The van der Waals surface area contributed by atoms with E-state index in [9.17, 15) is 4.79 Å². The standard InChI is InChI=1S/C13H22N4O/c1-4-16-5-7-17(8-6-16)13-14-11(10(2)3)9-12(18)15-13/h9-10H,4-8H2,1-3H3,(H,14,15,18). The Morgan fingerprint density at radius 1 is 1.33 bits per heavy atom. The first kappa shape index (κ1) is 13.1. The highest BCUT2D eigenvalue weighted by atomic mass is 16.1. The van der Waals surface area contributed by atoms with Gasteiger partial charge in [-0.15, -0.1) is 0 Å². The molecule has 1 fully saturated rings. The maximum atomic E-state index is 11.6. The lowest BCUT2D eigenvalue weighted by Gasteiger charge is -2.34. The van der Waals surface area contributed by atoms with Crippen molar-refractivity contribution in [1.29, 1.82) is 0 Å². The van der Waals surface area contributed by atoms with Gasteiger partial charge in [0.2, 0.25) is 5.95 Å². The Labute approximate surface area is 108 Å². The Morgan fingerprint density at radius 3 is 2.56 bits per heavy atom. The summed E-state index contributed by atoms with van der Waals surface area (Å²) in [5.74, 6) is 1.00. The molecule has 0 aromatic carbocycles. The fourth-order valence-electron chi connectivity index (χ4n) is 2.18. The topological polar surface area (TPSA) is 52.2 Å². The van der Waals surface area contributed by atoms with Gasteiger partial charge >= 0.3 is 0 Å². The third kappa shape index (κ3) is 2.90. The summed E-state index contributed by atoms with van der Waals surface area (Å²) in [6.07, 6.45) is 0. The van der Waals surface area contributed by atoms with E-state index >= 15 is 0 Å². The zero-order valence-electron chi connectivity index (χ0n) is 11.4. The molecule has 2 heterocycles. The molecule has 0 amide bonds. The lowest BCUT2D eigenvalue weighted by molar-refractivity contribution is 0.269. The van der Waals surface area contributed by atoms with Crippen molar-refractivity contribution >= 4 is 5.95 Å². The number of nitrogens with zero attached hydrogens (tertiary/aromatic N) is 3. The molecule has 1 aromatic rings. The van der Waals surface area contributed by atoms with Crippen molar-refractivity contribution < 1.29 is 0 Å². The molecule has 100 valence electrons. The average molecular weight is 250 g/mol. The fraction of sp³-hybridized carbons (Fsp3) is 0.692. The summed E-state index contributed by atoms with van der Waals surface area (Å²) in [5, 5.41) is 0. The fourth-order valence-corrected chi connectivity index (χ4v) is 2.18. The number of hydrogen-bond acceptors (Lipinski definition) is 4. The van der Waals surface area contributed by atoms with E-state index in [0.29, 0.717) is 0 Å². The smallest absolute Gasteiger partial charge is 0.252 e. The zero-order valence-corrected chi connectivity index (χ0v) is 11.4. The van der Waals surface area contributed by atoms with Crippen LogP contribution >= 0.6 is 0 Å². The van der Waals surface area contributed by atoms with Gasteiger partial charge in [0.1, 0.15) is 0 Å². The number of likely N-dealkylation sites (N-methyl/N-ethyl adjacent to an activating group) is 1. The van der Waals surface area contributed by atoms with Crippen LogP contribution in [0.25, 0.3) is 0 Å². The van der Waals surface area contributed by atoms with Crippen LogP contribution in [-0.4, -0.2) is 47.6 Å². The van der Waals surface area contributed by atoms with Gasteiger partial charge in [0.25, 0.3) is 5.56 Å². The Bertz CT molecular complexity index is 447. The Morgan fingerprint density at radius 2 is 2.00 bits per heavy atom. The highest BCUT2D eigenvalue weighted by Gasteiger charge is 2.18. The van der Waals surface area contributed by atoms with E-state index in [0.717, 1.165) is 44.4 Å². The Kier molecular flexibility index (Phi) is 4.01. The summed E-state index contributed by atoms with van der Waals surface area (Å²) in [4.78, 5) is 23.6. The predicted octanol–water partition coefficient (Wildman–Crippen LogP) is 1.04. The van der Waals surface area contributed by atoms with Crippen LogP contribution in [0.3, 0.4) is 0 Å². The van der Waals surface area contributed by atoms with Crippen LogP contribution in [0.2, 0.25) is 0 Å². The van der Waals surface area contributed by atoms with Crippen LogP contribution in [0, 0.1) is 0 Å². The van der Waals surface area contributed by atoms with Gasteiger partial charge in [-0.1, -0.05) is 20.8 Å². The first-order valence-electron chi connectivity index (χ1n) is 6.68. The van der Waals surface area contributed by atoms with E-state index < -0.39 is 0 Å². The number of aromatic nitrogens is 2. The van der Waals surface area contributed by atoms with Gasteiger partial charge in [0.15, 0.2) is 0 Å². The summed E-state index contributed by atoms with van der Waals surface area (Å²) in [5.41, 5.74) is 0.813. The second-order valence-electron chi connectivity index (χ2n) is 5.07. The van der Waals surface area contributed by atoms with E-state index in [-0.39, 0.29) is 11.5 Å². The van der Waals surface area contributed by atoms with Crippen molar-refractivity contribution in [3.63, 3.8) is 0 Å². The highest BCUT2D eigenvalue weighted by Crippen LogP contribution is 2.14. The molecule has 1 N–H and O–H groups in total. The lowest BCUT2D eigenvalue weighted by Crippen LogP contribution is -2.47. The van der Waals surface area contributed by atoms with Crippen molar-refractivity contribution in [2.24, 2.45) is 0 Å². The van der Waals surface area contributed by atoms with Gasteiger partial charge in [-0.05, 0) is 12.5 Å². The molecule has 1 aromatic heterocycles. The van der Waals surface area contributed by atoms with Gasteiger partial charge in [-0.25, -0.2) is 4.98 Å². The quantitative estimate of drug-likeness (QED) is 0.870. The number of nitrogens with one attached hydrogen (secondary N) is 1. The van der Waals surface area contributed by atoms with Crippen molar-refractivity contribution in [1.82, 2.24) is 14.9 Å². The molecule has 0 atom stereocenters. The molecule has 18 heavy (non-hydrogen) atoms. The molecule has 1 aliphatic rings. The highest BCUT2D eigenvalue weighted by molar-refractivity contribution is 5.31. The Hall–Kier alpha value is -1.36. The van der Waals surface area contributed by atoms with Crippen molar-refractivity contribution in [3.8, 4) is 0 Å². The molecule has 0 radical (unpaired) electrons. The average Bonchev–Trinajstić information content (AvgIpc) is 2.38. The van der Waals surface area contributed by atoms with Crippen LogP contribution < -0.4 is 10.5 Å². The van der Waals surface area contributed by atoms with Crippen LogP contribution in [0.5, 0.6) is 0 Å². The summed E-state index contributed by atoms with van der Waals surface area (Å²) in [6.45, 7) is 11.3. The molecule has 1 saturated heterocycles. The molecule has 0 spiro atoms. The number of rotatable bonds is 3. The van der Waals surface area contributed by atoms with Gasteiger partial charge in [0, 0.05) is 32.2 Å². The van der Waals surface area contributed by atoms with Gasteiger partial charge in [0.05, 0.1) is 5.69 Å². The number of H-pyrrole nitrogens is 1. The number of anilines is 1. The van der Waals surface area contributed by atoms with Crippen molar-refractivity contribution in [2.45, 2.75) is 26.7 Å². The second kappa shape index (κ2) is 5.52. The predicted molar refractivity (Wildman–Crippen MR) is 73.3 cm³/mol. The largest absolute Gasteiger partial charge is 0.340 e. The number of hydrogen-bond donors (Lipinski definition) is 1. The minimum absolute atomic E-state index is 0.0541. The molecule has 0 saturated carbocycles. The van der Waals surface area contributed by atoms with E-state index in [1.54, 1.807) is 6.07 Å². The normalized spacial score (nSPS) is 17.4. The van der Waals surface area contributed by atoms with E-state index in [1.165, 1.54) is 0 Å². The van der Waals surface area contributed by atoms with Crippen LogP contribution in [-0.2, 0) is 0 Å². The minimum atomic E-state index is -0.0541. The Balaban J connectivity index is 2.16. The van der Waals surface area contributed by atoms with Crippen molar-refractivity contribution in [2.75, 3.05) is 37.6 Å². The molecule has 5 heteroatoms. The van der Waals surface area contributed by atoms with Gasteiger partial charge < -0.3 is 9.80 Å². The molecule has 0 bridgehead atoms. The molecular formula is C13H22N4O. The summed E-state index contributed by atoms with van der Waals surface area (Å²) in [6, 6.07) is 1.59. The zero-order chi connectivity index (χ0) is 13.1. The van der Waals surface area contributed by atoms with Crippen LogP contribution in [0.4, 0.5) is 5.95 Å². The SMILES string of the molecule is CCN1CCN(c2nc(C(C)C)cc(=O)[nH]2)CC1. The summed E-state index contributed by atoms with van der Waals surface area (Å²) < 4.78 is 0. The maximum absolute atomic E-state index is 11.6. The number of aromatic amines is 1. The third-order valence-electron chi connectivity index (χ3n) is 3.46. The molecule has 2 rings (SSSR count). The summed E-state index contributed by atoms with van der Waals surface area (Å²) in [7, 11) is 0.